The second-order valence-corrected chi connectivity index (χ2v) is 5.40. The van der Waals surface area contributed by atoms with Crippen molar-refractivity contribution >= 4 is 17.5 Å². The van der Waals surface area contributed by atoms with Gasteiger partial charge < -0.3 is 15.3 Å². The number of aliphatic hydroxyl groups is 1. The molecule has 0 spiro atoms. The van der Waals surface area contributed by atoms with Crippen molar-refractivity contribution < 1.29 is 19.1 Å². The molecule has 2 N–H and O–H groups in total. The Hall–Kier alpha value is -1.95. The lowest BCUT2D eigenvalue weighted by Gasteiger charge is -2.21. The Labute approximate surface area is 122 Å². The van der Waals surface area contributed by atoms with Gasteiger partial charge in [-0.25, -0.2) is 4.39 Å². The number of aliphatic hydroxyl groups excluding tert-OH is 1. The van der Waals surface area contributed by atoms with Gasteiger partial charge in [-0.2, -0.15) is 0 Å². The number of fused-ring (bicyclic) bond motifs is 1. The summed E-state index contributed by atoms with van der Waals surface area (Å²) < 4.78 is 14.1. The summed E-state index contributed by atoms with van der Waals surface area (Å²) in [4.78, 5) is 24.9. The number of hydrogen-bond donors (Lipinski definition) is 2. The number of carbonyl (C=O) groups is 2. The highest BCUT2D eigenvalue weighted by Gasteiger charge is 2.22. The maximum atomic E-state index is 14.1. The van der Waals surface area contributed by atoms with E-state index in [1.807, 2.05) is 0 Å². The number of hydrogen-bond acceptors (Lipinski definition) is 3. The third-order valence-electron chi connectivity index (χ3n) is 3.55. The zero-order chi connectivity index (χ0) is 15.6. The van der Waals surface area contributed by atoms with Crippen molar-refractivity contribution in [2.75, 3.05) is 18.9 Å². The number of anilines is 1. The molecule has 0 saturated carbocycles. The van der Waals surface area contributed by atoms with Crippen molar-refractivity contribution in [3.8, 4) is 0 Å². The van der Waals surface area contributed by atoms with E-state index in [1.165, 1.54) is 17.0 Å². The molecule has 2 rings (SSSR count). The van der Waals surface area contributed by atoms with Crippen LogP contribution in [0.5, 0.6) is 0 Å². The molecule has 1 aliphatic rings. The molecule has 0 aliphatic carbocycles. The Morgan fingerprint density at radius 2 is 2.19 bits per heavy atom. The van der Waals surface area contributed by atoms with Crippen LogP contribution in [0.15, 0.2) is 12.1 Å². The number of amides is 2. The molecule has 5 nitrogen and oxygen atoms in total. The summed E-state index contributed by atoms with van der Waals surface area (Å²) in [6, 6.07) is 2.70. The summed E-state index contributed by atoms with van der Waals surface area (Å²) in [6.45, 7) is 1.99. The predicted molar refractivity (Wildman–Crippen MR) is 76.6 cm³/mol. The van der Waals surface area contributed by atoms with Gasteiger partial charge in [0.15, 0.2) is 0 Å². The first kappa shape index (κ1) is 15.4. The first-order valence-electron chi connectivity index (χ1n) is 6.94. The van der Waals surface area contributed by atoms with Gasteiger partial charge in [-0.15, -0.1) is 0 Å². The van der Waals surface area contributed by atoms with Gasteiger partial charge in [0.2, 0.25) is 5.91 Å². The monoisotopic (exact) mass is 294 g/mol. The smallest absolute Gasteiger partial charge is 0.256 e. The van der Waals surface area contributed by atoms with E-state index in [0.717, 1.165) is 5.56 Å². The predicted octanol–water partition coefficient (Wildman–Crippen LogP) is 1.55. The van der Waals surface area contributed by atoms with Crippen molar-refractivity contribution in [2.45, 2.75) is 32.3 Å². The second kappa shape index (κ2) is 6.22. The second-order valence-electron chi connectivity index (χ2n) is 5.40. The van der Waals surface area contributed by atoms with Crippen LogP contribution in [0.3, 0.4) is 0 Å². The SMILES string of the molecule is CC(O)CCN(C)C(=O)c1cc2c(cc1F)NC(=O)CC2. The first-order valence-corrected chi connectivity index (χ1v) is 6.94. The maximum absolute atomic E-state index is 14.1. The van der Waals surface area contributed by atoms with Crippen LogP contribution in [-0.2, 0) is 11.2 Å². The van der Waals surface area contributed by atoms with Gasteiger partial charge in [0, 0.05) is 25.7 Å². The molecule has 0 bridgehead atoms. The minimum absolute atomic E-state index is 0.00186. The highest BCUT2D eigenvalue weighted by atomic mass is 19.1. The van der Waals surface area contributed by atoms with E-state index in [0.29, 0.717) is 31.5 Å². The van der Waals surface area contributed by atoms with E-state index >= 15 is 0 Å². The van der Waals surface area contributed by atoms with E-state index in [2.05, 4.69) is 5.32 Å². The van der Waals surface area contributed by atoms with Gasteiger partial charge in [-0.3, -0.25) is 9.59 Å². The molecule has 0 radical (unpaired) electrons. The van der Waals surface area contributed by atoms with Crippen molar-refractivity contribution in [1.82, 2.24) is 4.90 Å². The van der Waals surface area contributed by atoms with Crippen LogP contribution in [-0.4, -0.2) is 41.5 Å². The van der Waals surface area contributed by atoms with Gasteiger partial charge in [0.05, 0.1) is 11.7 Å². The van der Waals surface area contributed by atoms with Crippen LogP contribution in [0, 0.1) is 5.82 Å². The number of halogens is 1. The molecule has 1 aromatic rings. The largest absolute Gasteiger partial charge is 0.393 e. The molecule has 21 heavy (non-hydrogen) atoms. The van der Waals surface area contributed by atoms with E-state index < -0.39 is 17.8 Å². The van der Waals surface area contributed by atoms with Crippen LogP contribution in [0.1, 0.15) is 35.7 Å². The highest BCUT2D eigenvalue weighted by Crippen LogP contribution is 2.26. The first-order chi connectivity index (χ1) is 9.88. The number of rotatable bonds is 4. The van der Waals surface area contributed by atoms with Crippen LogP contribution in [0.2, 0.25) is 0 Å². The summed E-state index contributed by atoms with van der Waals surface area (Å²) in [5.74, 6) is -1.22. The third kappa shape index (κ3) is 3.58. The Bertz CT molecular complexity index is 572. The average Bonchev–Trinajstić information content (AvgIpc) is 2.43. The third-order valence-corrected chi connectivity index (χ3v) is 3.55. The summed E-state index contributed by atoms with van der Waals surface area (Å²) >= 11 is 0. The summed E-state index contributed by atoms with van der Waals surface area (Å²) in [6.07, 6.45) is 0.762. The zero-order valence-corrected chi connectivity index (χ0v) is 12.1. The molecule has 1 heterocycles. The maximum Gasteiger partial charge on any atom is 0.256 e. The fourth-order valence-corrected chi connectivity index (χ4v) is 2.25. The van der Waals surface area contributed by atoms with Gasteiger partial charge >= 0.3 is 0 Å². The number of carbonyl (C=O) groups excluding carboxylic acids is 2. The number of aryl methyl sites for hydroxylation is 1. The Morgan fingerprint density at radius 1 is 1.48 bits per heavy atom. The van der Waals surface area contributed by atoms with Crippen molar-refractivity contribution in [3.05, 3.63) is 29.1 Å². The number of nitrogens with one attached hydrogen (secondary N) is 1. The average molecular weight is 294 g/mol. The van der Waals surface area contributed by atoms with Gasteiger partial charge in [0.25, 0.3) is 5.91 Å². The molecule has 2 amide bonds. The van der Waals surface area contributed by atoms with Crippen LogP contribution in [0.25, 0.3) is 0 Å². The van der Waals surface area contributed by atoms with Crippen molar-refractivity contribution in [3.63, 3.8) is 0 Å². The summed E-state index contributed by atoms with van der Waals surface area (Å²) in [7, 11) is 1.57. The number of nitrogens with zero attached hydrogens (tertiary/aromatic N) is 1. The van der Waals surface area contributed by atoms with Gasteiger partial charge in [-0.05, 0) is 37.5 Å². The lowest BCUT2D eigenvalue weighted by Crippen LogP contribution is -2.30. The normalized spacial score (nSPS) is 15.1. The topological polar surface area (TPSA) is 69.6 Å². The Morgan fingerprint density at radius 3 is 2.86 bits per heavy atom. The minimum atomic E-state index is -0.648. The summed E-state index contributed by atoms with van der Waals surface area (Å²) in [5.41, 5.74) is 1.20. The molecule has 1 aliphatic heterocycles. The molecule has 1 atom stereocenters. The van der Waals surface area contributed by atoms with Crippen LogP contribution < -0.4 is 5.32 Å². The fraction of sp³-hybridized carbons (Fsp3) is 0.467. The molecule has 0 fully saturated rings. The molecular formula is C15H19FN2O3. The van der Waals surface area contributed by atoms with Gasteiger partial charge in [-0.1, -0.05) is 0 Å². The molecule has 6 heteroatoms. The lowest BCUT2D eigenvalue weighted by molar-refractivity contribution is -0.116. The van der Waals surface area contributed by atoms with Crippen molar-refractivity contribution in [2.24, 2.45) is 0 Å². The van der Waals surface area contributed by atoms with Crippen LogP contribution in [0.4, 0.5) is 10.1 Å². The molecule has 1 aromatic carbocycles. The Kier molecular flexibility index (Phi) is 4.57. The van der Waals surface area contributed by atoms with Crippen LogP contribution >= 0.6 is 0 Å². The van der Waals surface area contributed by atoms with E-state index in [-0.39, 0.29) is 11.5 Å². The van der Waals surface area contributed by atoms with Gasteiger partial charge in [0.1, 0.15) is 5.82 Å². The standard InChI is InChI=1S/C15H19FN2O3/c1-9(19)5-6-18(2)15(21)11-7-10-3-4-14(20)17-13(10)8-12(11)16/h7-9,19H,3-6H2,1-2H3,(H,17,20). The molecule has 0 saturated heterocycles. The minimum Gasteiger partial charge on any atom is -0.393 e. The lowest BCUT2D eigenvalue weighted by atomic mass is 9.99. The quantitative estimate of drug-likeness (QED) is 0.885. The van der Waals surface area contributed by atoms with Crippen molar-refractivity contribution in [1.29, 1.82) is 0 Å². The molecular weight excluding hydrogens is 275 g/mol. The Balaban J connectivity index is 2.20. The molecule has 0 aromatic heterocycles. The van der Waals surface area contributed by atoms with E-state index in [9.17, 15) is 19.1 Å². The van der Waals surface area contributed by atoms with E-state index in [1.54, 1.807) is 14.0 Å². The number of benzene rings is 1. The summed E-state index contributed by atoms with van der Waals surface area (Å²) in [5, 5.41) is 11.8. The van der Waals surface area contributed by atoms with E-state index in [4.69, 9.17) is 0 Å². The zero-order valence-electron chi connectivity index (χ0n) is 12.1. The molecule has 114 valence electrons. The fourth-order valence-electron chi connectivity index (χ4n) is 2.25. The molecule has 1 unspecified atom stereocenters. The highest BCUT2D eigenvalue weighted by molar-refractivity contribution is 5.98.